The quantitative estimate of drug-likeness (QED) is 0.775. The minimum Gasteiger partial charge on any atom is -0.481 e. The van der Waals surface area contributed by atoms with Crippen molar-refractivity contribution in [2.24, 2.45) is 12.8 Å². The van der Waals surface area contributed by atoms with E-state index in [1.807, 2.05) is 20.9 Å². The standard InChI is InChI=1S/C10H17N3O2/c1-6-10(7(2)13(3)12-6)8(11)4-5-9(14)15/h8H,4-5,11H2,1-3H3,(H,14,15). The molecule has 0 bridgehead atoms. The minimum absolute atomic E-state index is 0.0922. The van der Waals surface area contributed by atoms with Gasteiger partial charge in [0.1, 0.15) is 0 Å². The molecule has 0 aliphatic rings. The van der Waals surface area contributed by atoms with Crippen molar-refractivity contribution in [2.45, 2.75) is 32.7 Å². The Labute approximate surface area is 88.9 Å². The summed E-state index contributed by atoms with van der Waals surface area (Å²) in [4.78, 5) is 10.4. The molecule has 1 aromatic heterocycles. The summed E-state index contributed by atoms with van der Waals surface area (Å²) >= 11 is 0. The molecule has 1 atom stereocenters. The molecular formula is C10H17N3O2. The van der Waals surface area contributed by atoms with E-state index in [1.54, 1.807) is 4.68 Å². The van der Waals surface area contributed by atoms with Gasteiger partial charge in [0.25, 0.3) is 0 Å². The van der Waals surface area contributed by atoms with Gasteiger partial charge in [-0.25, -0.2) is 0 Å². The van der Waals surface area contributed by atoms with Crippen LogP contribution < -0.4 is 5.73 Å². The van der Waals surface area contributed by atoms with Gasteiger partial charge in [-0.05, 0) is 20.3 Å². The molecule has 0 saturated carbocycles. The van der Waals surface area contributed by atoms with Crippen LogP contribution in [0, 0.1) is 13.8 Å². The van der Waals surface area contributed by atoms with Crippen LogP contribution in [0.1, 0.15) is 35.8 Å². The van der Waals surface area contributed by atoms with Crippen molar-refractivity contribution >= 4 is 5.97 Å². The van der Waals surface area contributed by atoms with E-state index in [9.17, 15) is 4.79 Å². The summed E-state index contributed by atoms with van der Waals surface area (Å²) in [6.07, 6.45) is 0.539. The van der Waals surface area contributed by atoms with Crippen molar-refractivity contribution in [1.29, 1.82) is 0 Å². The highest BCUT2D eigenvalue weighted by molar-refractivity contribution is 5.66. The number of nitrogens with two attached hydrogens (primary N) is 1. The lowest BCUT2D eigenvalue weighted by atomic mass is 10.0. The van der Waals surface area contributed by atoms with Crippen molar-refractivity contribution in [3.63, 3.8) is 0 Å². The Morgan fingerprint density at radius 1 is 1.60 bits per heavy atom. The lowest BCUT2D eigenvalue weighted by Crippen LogP contribution is -2.14. The number of nitrogens with zero attached hydrogens (tertiary/aromatic N) is 2. The smallest absolute Gasteiger partial charge is 0.303 e. The second kappa shape index (κ2) is 4.44. The fourth-order valence-corrected chi connectivity index (χ4v) is 1.75. The molecule has 0 spiro atoms. The number of hydrogen-bond acceptors (Lipinski definition) is 3. The van der Waals surface area contributed by atoms with Crippen LogP contribution in [0.25, 0.3) is 0 Å². The first-order valence-corrected chi connectivity index (χ1v) is 4.91. The van der Waals surface area contributed by atoms with Gasteiger partial charge in [-0.2, -0.15) is 5.10 Å². The van der Waals surface area contributed by atoms with E-state index in [0.717, 1.165) is 17.0 Å². The van der Waals surface area contributed by atoms with Gasteiger partial charge >= 0.3 is 5.97 Å². The topological polar surface area (TPSA) is 81.1 Å². The first-order chi connectivity index (χ1) is 6.93. The van der Waals surface area contributed by atoms with E-state index in [0.29, 0.717) is 6.42 Å². The molecule has 84 valence electrons. The number of carbonyl (C=O) groups is 1. The Balaban J connectivity index is 2.81. The normalized spacial score (nSPS) is 12.8. The molecule has 1 rings (SSSR count). The van der Waals surface area contributed by atoms with Gasteiger partial charge in [0, 0.05) is 30.8 Å². The van der Waals surface area contributed by atoms with Crippen LogP contribution in [0.5, 0.6) is 0 Å². The van der Waals surface area contributed by atoms with Crippen LogP contribution in [0.2, 0.25) is 0 Å². The van der Waals surface area contributed by atoms with Gasteiger partial charge < -0.3 is 10.8 Å². The van der Waals surface area contributed by atoms with Crippen LogP contribution in [-0.2, 0) is 11.8 Å². The molecule has 0 aliphatic heterocycles. The van der Waals surface area contributed by atoms with Gasteiger partial charge in [-0.3, -0.25) is 9.48 Å². The molecule has 0 radical (unpaired) electrons. The predicted octanol–water partition coefficient (Wildman–Crippen LogP) is 0.902. The number of carboxylic acid groups (broad SMARTS) is 1. The monoisotopic (exact) mass is 211 g/mol. The van der Waals surface area contributed by atoms with Gasteiger partial charge in [-0.15, -0.1) is 0 Å². The van der Waals surface area contributed by atoms with Gasteiger partial charge in [-0.1, -0.05) is 0 Å². The molecule has 5 heteroatoms. The highest BCUT2D eigenvalue weighted by Crippen LogP contribution is 2.22. The van der Waals surface area contributed by atoms with E-state index in [2.05, 4.69) is 5.10 Å². The molecule has 0 saturated heterocycles. The maximum absolute atomic E-state index is 10.4. The molecule has 1 unspecified atom stereocenters. The molecular weight excluding hydrogens is 194 g/mol. The molecule has 1 aromatic rings. The summed E-state index contributed by atoms with van der Waals surface area (Å²) in [6.45, 7) is 3.83. The molecule has 0 aromatic carbocycles. The van der Waals surface area contributed by atoms with Crippen molar-refractivity contribution in [1.82, 2.24) is 9.78 Å². The van der Waals surface area contributed by atoms with E-state index in [-0.39, 0.29) is 12.5 Å². The molecule has 0 amide bonds. The SMILES string of the molecule is Cc1nn(C)c(C)c1C(N)CCC(=O)O. The number of carboxylic acids is 1. The van der Waals surface area contributed by atoms with Crippen LogP contribution >= 0.6 is 0 Å². The van der Waals surface area contributed by atoms with Crippen LogP contribution in [0.3, 0.4) is 0 Å². The van der Waals surface area contributed by atoms with Crippen molar-refractivity contribution < 1.29 is 9.90 Å². The Hall–Kier alpha value is -1.36. The Kier molecular flexibility index (Phi) is 3.47. The highest BCUT2D eigenvalue weighted by Gasteiger charge is 2.17. The maximum atomic E-state index is 10.4. The third-order valence-corrected chi connectivity index (χ3v) is 2.60. The molecule has 0 fully saturated rings. The summed E-state index contributed by atoms with van der Waals surface area (Å²) in [5.74, 6) is -0.815. The predicted molar refractivity (Wildman–Crippen MR) is 56.5 cm³/mol. The number of aromatic nitrogens is 2. The first kappa shape index (κ1) is 11.7. The van der Waals surface area contributed by atoms with Crippen molar-refractivity contribution in [3.8, 4) is 0 Å². The number of aryl methyl sites for hydroxylation is 2. The zero-order chi connectivity index (χ0) is 11.6. The summed E-state index contributed by atoms with van der Waals surface area (Å²) in [7, 11) is 1.86. The van der Waals surface area contributed by atoms with E-state index >= 15 is 0 Å². The molecule has 5 nitrogen and oxygen atoms in total. The van der Waals surface area contributed by atoms with Gasteiger partial charge in [0.15, 0.2) is 0 Å². The van der Waals surface area contributed by atoms with Gasteiger partial charge in [0.2, 0.25) is 0 Å². The molecule has 3 N–H and O–H groups in total. The van der Waals surface area contributed by atoms with E-state index < -0.39 is 5.97 Å². The fraction of sp³-hybridized carbons (Fsp3) is 0.600. The summed E-state index contributed by atoms with van der Waals surface area (Å²) in [5.41, 5.74) is 8.80. The first-order valence-electron chi connectivity index (χ1n) is 4.91. The molecule has 0 aliphatic carbocycles. The number of hydrogen-bond donors (Lipinski definition) is 2. The number of rotatable bonds is 4. The van der Waals surface area contributed by atoms with Crippen LogP contribution in [0.4, 0.5) is 0 Å². The molecule has 15 heavy (non-hydrogen) atoms. The average Bonchev–Trinajstić information content (AvgIpc) is 2.37. The zero-order valence-corrected chi connectivity index (χ0v) is 9.32. The average molecular weight is 211 g/mol. The number of aliphatic carboxylic acids is 1. The Morgan fingerprint density at radius 3 is 2.60 bits per heavy atom. The van der Waals surface area contributed by atoms with E-state index in [1.165, 1.54) is 0 Å². The van der Waals surface area contributed by atoms with Crippen molar-refractivity contribution in [3.05, 3.63) is 17.0 Å². The van der Waals surface area contributed by atoms with Crippen molar-refractivity contribution in [2.75, 3.05) is 0 Å². The zero-order valence-electron chi connectivity index (χ0n) is 9.32. The highest BCUT2D eigenvalue weighted by atomic mass is 16.4. The van der Waals surface area contributed by atoms with E-state index in [4.69, 9.17) is 10.8 Å². The summed E-state index contributed by atoms with van der Waals surface area (Å²) < 4.78 is 1.77. The van der Waals surface area contributed by atoms with Crippen LogP contribution in [-0.4, -0.2) is 20.9 Å². The largest absolute Gasteiger partial charge is 0.481 e. The molecule has 1 heterocycles. The summed E-state index contributed by atoms with van der Waals surface area (Å²) in [5, 5.41) is 12.8. The van der Waals surface area contributed by atoms with Crippen LogP contribution in [0.15, 0.2) is 0 Å². The third kappa shape index (κ3) is 2.56. The lowest BCUT2D eigenvalue weighted by molar-refractivity contribution is -0.137. The maximum Gasteiger partial charge on any atom is 0.303 e. The Morgan fingerprint density at radius 2 is 2.20 bits per heavy atom. The second-order valence-corrected chi connectivity index (χ2v) is 3.75. The van der Waals surface area contributed by atoms with Gasteiger partial charge in [0.05, 0.1) is 5.69 Å². The fourth-order valence-electron chi connectivity index (χ4n) is 1.75. The lowest BCUT2D eigenvalue weighted by Gasteiger charge is -2.10. The second-order valence-electron chi connectivity index (χ2n) is 3.75. The third-order valence-electron chi connectivity index (χ3n) is 2.60. The minimum atomic E-state index is -0.815. The Bertz CT molecular complexity index is 371. The summed E-state index contributed by atoms with van der Waals surface area (Å²) in [6, 6.07) is -0.241.